The van der Waals surface area contributed by atoms with Gasteiger partial charge in [0.25, 0.3) is 0 Å². The van der Waals surface area contributed by atoms with Crippen molar-refractivity contribution in [1.29, 1.82) is 0 Å². The van der Waals surface area contributed by atoms with Crippen molar-refractivity contribution in [3.8, 4) is 0 Å². The summed E-state index contributed by atoms with van der Waals surface area (Å²) in [7, 11) is 0. The quantitative estimate of drug-likeness (QED) is 0.434. The van der Waals surface area contributed by atoms with Gasteiger partial charge in [-0.2, -0.15) is 0 Å². The number of nitrogens with zero attached hydrogens (tertiary/aromatic N) is 1. The summed E-state index contributed by atoms with van der Waals surface area (Å²) >= 11 is 5.23. The van der Waals surface area contributed by atoms with Gasteiger partial charge in [0, 0.05) is 23.3 Å². The lowest BCUT2D eigenvalue weighted by molar-refractivity contribution is -0.129. The van der Waals surface area contributed by atoms with E-state index in [1.54, 1.807) is 11.8 Å². The smallest absolute Gasteiger partial charge is 0.233 e. The van der Waals surface area contributed by atoms with Crippen molar-refractivity contribution in [2.75, 3.05) is 5.75 Å². The lowest BCUT2D eigenvalue weighted by Gasteiger charge is -2.23. The number of benzene rings is 3. The van der Waals surface area contributed by atoms with E-state index in [1.165, 1.54) is 5.56 Å². The molecule has 0 aliphatic carbocycles. The molecule has 0 radical (unpaired) electrons. The first-order valence-corrected chi connectivity index (χ1v) is 10.8. The standard InChI is InChI=1S/C23H22BrNOS/c24-22-14-8-7-13-21(22)17-27-18-23(26)25(15-19-9-3-1-4-10-19)16-20-11-5-2-6-12-20/h1-14H,15-18H2. The minimum absolute atomic E-state index is 0.166. The molecule has 1 amide bonds. The molecule has 0 saturated heterocycles. The molecule has 138 valence electrons. The minimum atomic E-state index is 0.166. The summed E-state index contributed by atoms with van der Waals surface area (Å²) in [6, 6.07) is 28.5. The van der Waals surface area contributed by atoms with Crippen molar-refractivity contribution < 1.29 is 4.79 Å². The summed E-state index contributed by atoms with van der Waals surface area (Å²) in [4.78, 5) is 14.9. The van der Waals surface area contributed by atoms with Gasteiger partial charge in [-0.3, -0.25) is 4.79 Å². The summed E-state index contributed by atoms with van der Waals surface area (Å²) in [6.07, 6.45) is 0. The zero-order valence-corrected chi connectivity index (χ0v) is 17.5. The number of hydrogen-bond acceptors (Lipinski definition) is 2. The number of thioether (sulfide) groups is 1. The molecule has 0 N–H and O–H groups in total. The first-order chi connectivity index (χ1) is 13.2. The second kappa shape index (κ2) is 10.3. The average molecular weight is 440 g/mol. The van der Waals surface area contributed by atoms with E-state index in [9.17, 15) is 4.79 Å². The van der Waals surface area contributed by atoms with Gasteiger partial charge in [0.2, 0.25) is 5.91 Å². The van der Waals surface area contributed by atoms with Crippen LogP contribution in [0, 0.1) is 0 Å². The Bertz CT molecular complexity index is 813. The van der Waals surface area contributed by atoms with E-state index in [-0.39, 0.29) is 5.91 Å². The van der Waals surface area contributed by atoms with Gasteiger partial charge in [-0.15, -0.1) is 11.8 Å². The molecule has 0 heterocycles. The Balaban J connectivity index is 1.63. The van der Waals surface area contributed by atoms with E-state index < -0.39 is 0 Å². The van der Waals surface area contributed by atoms with E-state index in [0.717, 1.165) is 21.4 Å². The Kier molecular flexibility index (Phi) is 7.55. The molecule has 3 rings (SSSR count). The third-order valence-electron chi connectivity index (χ3n) is 4.23. The first kappa shape index (κ1) is 19.7. The Morgan fingerprint density at radius 3 is 1.85 bits per heavy atom. The van der Waals surface area contributed by atoms with Crippen LogP contribution < -0.4 is 0 Å². The summed E-state index contributed by atoms with van der Waals surface area (Å²) in [5.74, 6) is 1.46. The summed E-state index contributed by atoms with van der Waals surface area (Å²) in [5.41, 5.74) is 3.52. The third kappa shape index (κ3) is 6.26. The normalized spacial score (nSPS) is 10.6. The van der Waals surface area contributed by atoms with Crippen molar-refractivity contribution in [3.63, 3.8) is 0 Å². The van der Waals surface area contributed by atoms with Crippen molar-refractivity contribution in [3.05, 3.63) is 106 Å². The van der Waals surface area contributed by atoms with Crippen molar-refractivity contribution in [2.24, 2.45) is 0 Å². The molecule has 0 aromatic heterocycles. The van der Waals surface area contributed by atoms with E-state index in [1.807, 2.05) is 59.5 Å². The van der Waals surface area contributed by atoms with Gasteiger partial charge in [-0.05, 0) is 22.8 Å². The van der Waals surface area contributed by atoms with Crippen LogP contribution in [0.25, 0.3) is 0 Å². The highest BCUT2D eigenvalue weighted by Crippen LogP contribution is 2.22. The zero-order valence-electron chi connectivity index (χ0n) is 15.1. The molecule has 0 spiro atoms. The fourth-order valence-corrected chi connectivity index (χ4v) is 4.34. The number of hydrogen-bond donors (Lipinski definition) is 0. The van der Waals surface area contributed by atoms with E-state index >= 15 is 0 Å². The predicted octanol–water partition coefficient (Wildman–Crippen LogP) is 5.91. The Labute approximate surface area is 173 Å². The number of carbonyl (C=O) groups excluding carboxylic acids is 1. The van der Waals surface area contributed by atoms with Crippen molar-refractivity contribution >= 4 is 33.6 Å². The lowest BCUT2D eigenvalue weighted by Crippen LogP contribution is -2.31. The van der Waals surface area contributed by atoms with Crippen LogP contribution in [0.5, 0.6) is 0 Å². The van der Waals surface area contributed by atoms with Crippen LogP contribution >= 0.6 is 27.7 Å². The largest absolute Gasteiger partial charge is 0.333 e. The van der Waals surface area contributed by atoms with Gasteiger partial charge < -0.3 is 4.90 Å². The lowest BCUT2D eigenvalue weighted by atomic mass is 10.1. The van der Waals surface area contributed by atoms with Gasteiger partial charge in [-0.1, -0.05) is 94.8 Å². The Hall–Kier alpha value is -2.04. The molecule has 0 fully saturated rings. The van der Waals surface area contributed by atoms with Crippen LogP contribution in [0.15, 0.2) is 89.4 Å². The molecule has 0 atom stereocenters. The highest BCUT2D eigenvalue weighted by molar-refractivity contribution is 9.10. The maximum absolute atomic E-state index is 12.9. The predicted molar refractivity (Wildman–Crippen MR) is 117 cm³/mol. The highest BCUT2D eigenvalue weighted by Gasteiger charge is 2.15. The molecular formula is C23H22BrNOS. The summed E-state index contributed by atoms with van der Waals surface area (Å²) in [5, 5.41) is 0. The number of amides is 1. The monoisotopic (exact) mass is 439 g/mol. The number of halogens is 1. The molecule has 0 aliphatic heterocycles. The average Bonchev–Trinajstić information content (AvgIpc) is 2.70. The molecule has 3 aromatic carbocycles. The van der Waals surface area contributed by atoms with E-state index in [0.29, 0.717) is 18.8 Å². The minimum Gasteiger partial charge on any atom is -0.333 e. The molecule has 0 saturated carbocycles. The van der Waals surface area contributed by atoms with Gasteiger partial charge in [-0.25, -0.2) is 0 Å². The molecule has 0 unspecified atom stereocenters. The highest BCUT2D eigenvalue weighted by atomic mass is 79.9. The van der Waals surface area contributed by atoms with Crippen molar-refractivity contribution in [1.82, 2.24) is 4.90 Å². The number of rotatable bonds is 8. The second-order valence-corrected chi connectivity index (χ2v) is 8.15. The Morgan fingerprint density at radius 1 is 0.778 bits per heavy atom. The summed E-state index contributed by atoms with van der Waals surface area (Å²) < 4.78 is 1.09. The zero-order chi connectivity index (χ0) is 18.9. The van der Waals surface area contributed by atoms with E-state index in [2.05, 4.69) is 46.3 Å². The maximum atomic E-state index is 12.9. The molecule has 0 aliphatic rings. The van der Waals surface area contributed by atoms with Gasteiger partial charge in [0.1, 0.15) is 0 Å². The van der Waals surface area contributed by atoms with Gasteiger partial charge in [0.15, 0.2) is 0 Å². The van der Waals surface area contributed by atoms with Crippen LogP contribution in [0.2, 0.25) is 0 Å². The molecule has 2 nitrogen and oxygen atoms in total. The number of carbonyl (C=O) groups is 1. The Morgan fingerprint density at radius 2 is 1.30 bits per heavy atom. The van der Waals surface area contributed by atoms with Crippen LogP contribution in [0.1, 0.15) is 16.7 Å². The van der Waals surface area contributed by atoms with E-state index in [4.69, 9.17) is 0 Å². The van der Waals surface area contributed by atoms with Crippen LogP contribution in [0.4, 0.5) is 0 Å². The fraction of sp³-hybridized carbons (Fsp3) is 0.174. The van der Waals surface area contributed by atoms with Crippen molar-refractivity contribution in [2.45, 2.75) is 18.8 Å². The topological polar surface area (TPSA) is 20.3 Å². The molecule has 0 bridgehead atoms. The third-order valence-corrected chi connectivity index (χ3v) is 5.97. The molecule has 27 heavy (non-hydrogen) atoms. The fourth-order valence-electron chi connectivity index (χ4n) is 2.79. The molecule has 3 aromatic rings. The van der Waals surface area contributed by atoms with Gasteiger partial charge >= 0.3 is 0 Å². The maximum Gasteiger partial charge on any atom is 0.233 e. The SMILES string of the molecule is O=C(CSCc1ccccc1Br)N(Cc1ccccc1)Cc1ccccc1. The molecular weight excluding hydrogens is 418 g/mol. The van der Waals surface area contributed by atoms with Gasteiger partial charge in [0.05, 0.1) is 5.75 Å². The van der Waals surface area contributed by atoms with Crippen LogP contribution in [-0.4, -0.2) is 16.6 Å². The van der Waals surface area contributed by atoms with Crippen LogP contribution in [0.3, 0.4) is 0 Å². The second-order valence-electron chi connectivity index (χ2n) is 6.31. The molecule has 4 heteroatoms. The van der Waals surface area contributed by atoms with Crippen LogP contribution in [-0.2, 0) is 23.6 Å². The summed E-state index contributed by atoms with van der Waals surface area (Å²) in [6.45, 7) is 1.26. The first-order valence-electron chi connectivity index (χ1n) is 8.89.